The lowest BCUT2D eigenvalue weighted by atomic mass is 10.0. The standard InChI is InChI=1S/C40H70N2/c1-3-5-7-9-11-13-14-15-16-17-18-20-22-24-29-36-42-37-39(34-30-33-38-31-26-25-27-32-38)41-40(42)35-28-23-21-19-12-10-8-6-4-2/h25-27,31-32,37H,3-24,28-30,33-36H2,1-2H3. The maximum Gasteiger partial charge on any atom is 0.108 e. The zero-order valence-corrected chi connectivity index (χ0v) is 28.4. The molecule has 0 N–H and O–H groups in total. The van der Waals surface area contributed by atoms with Crippen LogP contribution in [0.15, 0.2) is 36.5 Å². The molecule has 1 heterocycles. The minimum absolute atomic E-state index is 1.10. The van der Waals surface area contributed by atoms with Crippen molar-refractivity contribution in [1.82, 2.24) is 9.55 Å². The van der Waals surface area contributed by atoms with Crippen LogP contribution in [-0.2, 0) is 25.8 Å². The van der Waals surface area contributed by atoms with Crippen LogP contribution in [0.2, 0.25) is 0 Å². The van der Waals surface area contributed by atoms with Crippen LogP contribution in [0, 0.1) is 0 Å². The number of hydrogen-bond acceptors (Lipinski definition) is 1. The summed E-state index contributed by atoms with van der Waals surface area (Å²) in [5.74, 6) is 1.36. The Morgan fingerprint density at radius 1 is 0.452 bits per heavy atom. The minimum Gasteiger partial charge on any atom is -0.335 e. The molecule has 0 saturated carbocycles. The Labute approximate surface area is 262 Å². The van der Waals surface area contributed by atoms with Gasteiger partial charge in [-0.1, -0.05) is 185 Å². The van der Waals surface area contributed by atoms with Gasteiger partial charge in [0.25, 0.3) is 0 Å². The van der Waals surface area contributed by atoms with Crippen molar-refractivity contribution in [2.24, 2.45) is 0 Å². The van der Waals surface area contributed by atoms with Crippen molar-refractivity contribution in [2.75, 3.05) is 0 Å². The highest BCUT2D eigenvalue weighted by Crippen LogP contribution is 2.17. The fourth-order valence-electron chi connectivity index (χ4n) is 6.39. The first-order valence-electron chi connectivity index (χ1n) is 18.9. The summed E-state index contributed by atoms with van der Waals surface area (Å²) < 4.78 is 2.53. The van der Waals surface area contributed by atoms with Crippen LogP contribution in [0.3, 0.4) is 0 Å². The van der Waals surface area contributed by atoms with Crippen LogP contribution in [0.25, 0.3) is 0 Å². The van der Waals surface area contributed by atoms with Gasteiger partial charge in [-0.15, -0.1) is 0 Å². The molecule has 0 radical (unpaired) electrons. The average Bonchev–Trinajstić information content (AvgIpc) is 3.40. The molecular formula is C40H70N2. The summed E-state index contributed by atoms with van der Waals surface area (Å²) in [6.07, 6.45) is 41.0. The van der Waals surface area contributed by atoms with Gasteiger partial charge in [0.05, 0.1) is 5.69 Å². The number of aryl methyl sites for hydroxylation is 4. The molecule has 0 spiro atoms. The summed E-state index contributed by atoms with van der Waals surface area (Å²) in [4.78, 5) is 5.16. The summed E-state index contributed by atoms with van der Waals surface area (Å²) in [7, 11) is 0. The Balaban J connectivity index is 1.60. The fraction of sp³-hybridized carbons (Fsp3) is 0.775. The van der Waals surface area contributed by atoms with Crippen molar-refractivity contribution in [3.63, 3.8) is 0 Å². The molecule has 0 aliphatic heterocycles. The topological polar surface area (TPSA) is 17.8 Å². The third kappa shape index (κ3) is 19.6. The largest absolute Gasteiger partial charge is 0.335 e. The minimum atomic E-state index is 1.10. The molecule has 0 fully saturated rings. The molecule has 2 nitrogen and oxygen atoms in total. The van der Waals surface area contributed by atoms with E-state index < -0.39 is 0 Å². The van der Waals surface area contributed by atoms with Gasteiger partial charge < -0.3 is 4.57 Å². The van der Waals surface area contributed by atoms with Gasteiger partial charge in [0.15, 0.2) is 0 Å². The first-order chi connectivity index (χ1) is 20.8. The van der Waals surface area contributed by atoms with Crippen molar-refractivity contribution in [3.8, 4) is 0 Å². The van der Waals surface area contributed by atoms with Crippen molar-refractivity contribution in [3.05, 3.63) is 53.6 Å². The highest BCUT2D eigenvalue weighted by Gasteiger charge is 2.09. The molecule has 1 aromatic heterocycles. The van der Waals surface area contributed by atoms with Gasteiger partial charge >= 0.3 is 0 Å². The monoisotopic (exact) mass is 579 g/mol. The number of imidazole rings is 1. The molecule has 0 saturated heterocycles. The van der Waals surface area contributed by atoms with E-state index in [1.165, 1.54) is 178 Å². The van der Waals surface area contributed by atoms with E-state index in [2.05, 4.69) is 54.9 Å². The molecule has 2 aromatic rings. The zero-order valence-electron chi connectivity index (χ0n) is 28.4. The van der Waals surface area contributed by atoms with E-state index >= 15 is 0 Å². The van der Waals surface area contributed by atoms with Crippen LogP contribution in [0.4, 0.5) is 0 Å². The van der Waals surface area contributed by atoms with Crippen LogP contribution >= 0.6 is 0 Å². The molecule has 0 aliphatic rings. The lowest BCUT2D eigenvalue weighted by Crippen LogP contribution is -2.03. The number of aromatic nitrogens is 2. The number of unbranched alkanes of at least 4 members (excludes halogenated alkanes) is 22. The van der Waals surface area contributed by atoms with Crippen LogP contribution in [-0.4, -0.2) is 9.55 Å². The molecule has 0 bridgehead atoms. The molecule has 0 aliphatic carbocycles. The number of nitrogens with zero attached hydrogens (tertiary/aromatic N) is 2. The predicted octanol–water partition coefficient (Wildman–Crippen LogP) is 13.0. The van der Waals surface area contributed by atoms with Crippen molar-refractivity contribution in [2.45, 2.75) is 200 Å². The smallest absolute Gasteiger partial charge is 0.108 e. The van der Waals surface area contributed by atoms with Gasteiger partial charge in [-0.2, -0.15) is 0 Å². The second kappa shape index (κ2) is 27.0. The molecule has 240 valence electrons. The number of rotatable bonds is 30. The first kappa shape index (κ1) is 36.6. The normalized spacial score (nSPS) is 11.5. The van der Waals surface area contributed by atoms with Crippen molar-refractivity contribution in [1.29, 1.82) is 0 Å². The van der Waals surface area contributed by atoms with Gasteiger partial charge in [-0.25, -0.2) is 4.98 Å². The van der Waals surface area contributed by atoms with Crippen LogP contribution in [0.5, 0.6) is 0 Å². The summed E-state index contributed by atoms with van der Waals surface area (Å²) in [5, 5.41) is 0. The van der Waals surface area contributed by atoms with Gasteiger partial charge in [-0.05, 0) is 37.7 Å². The molecule has 0 atom stereocenters. The molecule has 2 rings (SSSR count). The second-order valence-electron chi connectivity index (χ2n) is 13.2. The summed E-state index contributed by atoms with van der Waals surface area (Å²) in [6.45, 7) is 5.77. The van der Waals surface area contributed by atoms with E-state index in [-0.39, 0.29) is 0 Å². The molecule has 0 amide bonds. The number of benzene rings is 1. The highest BCUT2D eigenvalue weighted by molar-refractivity contribution is 5.15. The van der Waals surface area contributed by atoms with E-state index in [4.69, 9.17) is 4.98 Å². The van der Waals surface area contributed by atoms with Crippen LogP contribution < -0.4 is 0 Å². The Hall–Kier alpha value is -1.57. The van der Waals surface area contributed by atoms with Crippen LogP contribution in [0.1, 0.15) is 191 Å². The zero-order chi connectivity index (χ0) is 29.8. The van der Waals surface area contributed by atoms with Gasteiger partial charge in [0.1, 0.15) is 5.82 Å². The summed E-state index contributed by atoms with van der Waals surface area (Å²) >= 11 is 0. The fourth-order valence-corrected chi connectivity index (χ4v) is 6.39. The average molecular weight is 579 g/mol. The Kier molecular flexibility index (Phi) is 23.6. The molecular weight excluding hydrogens is 508 g/mol. The lowest BCUT2D eigenvalue weighted by Gasteiger charge is -2.08. The van der Waals surface area contributed by atoms with Crippen molar-refractivity contribution < 1.29 is 0 Å². The first-order valence-corrected chi connectivity index (χ1v) is 18.9. The molecule has 2 heteroatoms. The second-order valence-corrected chi connectivity index (χ2v) is 13.2. The van der Waals surface area contributed by atoms with Crippen molar-refractivity contribution >= 4 is 0 Å². The summed E-state index contributed by atoms with van der Waals surface area (Å²) in [6, 6.07) is 10.9. The lowest BCUT2D eigenvalue weighted by molar-refractivity contribution is 0.515. The van der Waals surface area contributed by atoms with Gasteiger partial charge in [-0.3, -0.25) is 0 Å². The quantitative estimate of drug-likeness (QED) is 0.0843. The molecule has 1 aromatic carbocycles. The predicted molar refractivity (Wildman–Crippen MR) is 187 cm³/mol. The molecule has 42 heavy (non-hydrogen) atoms. The van der Waals surface area contributed by atoms with E-state index in [1.54, 1.807) is 0 Å². The Morgan fingerprint density at radius 3 is 1.40 bits per heavy atom. The maximum atomic E-state index is 5.16. The SMILES string of the molecule is CCCCCCCCCCCCCCCCCn1cc(CCCc2ccccc2)nc1CCCCCCCCCCC. The van der Waals surface area contributed by atoms with E-state index in [0.29, 0.717) is 0 Å². The van der Waals surface area contributed by atoms with Gasteiger partial charge in [0, 0.05) is 19.2 Å². The van der Waals surface area contributed by atoms with E-state index in [0.717, 1.165) is 25.8 Å². The van der Waals surface area contributed by atoms with Gasteiger partial charge in [0.2, 0.25) is 0 Å². The third-order valence-corrected chi connectivity index (χ3v) is 9.16. The third-order valence-electron chi connectivity index (χ3n) is 9.16. The van der Waals surface area contributed by atoms with E-state index in [9.17, 15) is 0 Å². The van der Waals surface area contributed by atoms with E-state index in [1.807, 2.05) is 0 Å². The molecule has 0 unspecified atom stereocenters. The maximum absolute atomic E-state index is 5.16. The highest BCUT2D eigenvalue weighted by atomic mass is 15.1. The summed E-state index contributed by atoms with van der Waals surface area (Å²) in [5.41, 5.74) is 2.77. The Morgan fingerprint density at radius 2 is 0.905 bits per heavy atom. The Bertz CT molecular complexity index is 823. The number of hydrogen-bond donors (Lipinski definition) is 0.